The molecular weight excluding hydrogens is 504 g/mol. The maximum atomic E-state index is 12.0. The Morgan fingerprint density at radius 1 is 0.650 bits per heavy atom. The number of hydrogen-bond acceptors (Lipinski definition) is 6. The molecule has 8 nitrogen and oxygen atoms in total. The van der Waals surface area contributed by atoms with E-state index in [0.717, 1.165) is 17.1 Å². The molecule has 0 atom stereocenters. The van der Waals surface area contributed by atoms with Crippen LogP contribution < -0.4 is 4.90 Å². The highest BCUT2D eigenvalue weighted by molar-refractivity contribution is 5.92. The number of benzene rings is 2. The van der Waals surface area contributed by atoms with Crippen molar-refractivity contribution >= 4 is 29.0 Å². The van der Waals surface area contributed by atoms with E-state index in [1.54, 1.807) is 6.20 Å². The lowest BCUT2D eigenvalue weighted by Gasteiger charge is -2.42. The summed E-state index contributed by atoms with van der Waals surface area (Å²) in [6.45, 7) is 4.44. The summed E-state index contributed by atoms with van der Waals surface area (Å²) in [4.78, 5) is 39.1. The number of carbonyl (C=O) groups is 2. The molecule has 5 aromatic rings. The van der Waals surface area contributed by atoms with Gasteiger partial charge < -0.3 is 15.1 Å². The predicted molar refractivity (Wildman–Crippen MR) is 151 cm³/mol. The van der Waals surface area contributed by atoms with Gasteiger partial charge >= 0.3 is 11.9 Å². The summed E-state index contributed by atoms with van der Waals surface area (Å²) < 4.78 is 0. The van der Waals surface area contributed by atoms with Gasteiger partial charge in [-0.3, -0.25) is 9.97 Å². The summed E-state index contributed by atoms with van der Waals surface area (Å²) in [5.41, 5.74) is 6.41. The molecule has 0 saturated carbocycles. The minimum atomic E-state index is -1.14. The Hall–Kier alpha value is -5.37. The van der Waals surface area contributed by atoms with Crippen LogP contribution in [0.2, 0.25) is 0 Å². The van der Waals surface area contributed by atoms with Crippen molar-refractivity contribution in [1.29, 1.82) is 0 Å². The zero-order valence-corrected chi connectivity index (χ0v) is 21.7. The van der Waals surface area contributed by atoms with E-state index in [2.05, 4.69) is 58.0 Å². The van der Waals surface area contributed by atoms with Crippen LogP contribution in [0.25, 0.3) is 22.8 Å². The summed E-state index contributed by atoms with van der Waals surface area (Å²) >= 11 is 0. The molecule has 6 rings (SSSR count). The number of aromatic nitrogens is 3. The van der Waals surface area contributed by atoms with Crippen molar-refractivity contribution < 1.29 is 19.8 Å². The lowest BCUT2D eigenvalue weighted by Crippen LogP contribution is -2.30. The Morgan fingerprint density at radius 2 is 1.15 bits per heavy atom. The smallest absolute Gasteiger partial charge is 0.335 e. The molecule has 196 valence electrons. The number of para-hydroxylation sites is 2. The summed E-state index contributed by atoms with van der Waals surface area (Å²) in [5.74, 6) is -2.26. The number of fused-ring (bicyclic) bond motifs is 2. The van der Waals surface area contributed by atoms with Crippen LogP contribution in [-0.4, -0.2) is 37.1 Å². The zero-order chi connectivity index (χ0) is 28.0. The highest BCUT2D eigenvalue weighted by Crippen LogP contribution is 2.51. The van der Waals surface area contributed by atoms with Crippen molar-refractivity contribution in [3.8, 4) is 22.8 Å². The quantitative estimate of drug-likeness (QED) is 0.258. The molecule has 0 radical (unpaired) electrons. The third kappa shape index (κ3) is 4.16. The molecule has 4 heterocycles. The van der Waals surface area contributed by atoms with E-state index in [9.17, 15) is 19.8 Å². The number of rotatable bonds is 5. The van der Waals surface area contributed by atoms with E-state index in [0.29, 0.717) is 11.4 Å². The highest BCUT2D eigenvalue weighted by Gasteiger charge is 2.36. The predicted octanol–water partition coefficient (Wildman–Crippen LogP) is 6.71. The first kappa shape index (κ1) is 24.9. The minimum Gasteiger partial charge on any atom is -0.478 e. The van der Waals surface area contributed by atoms with Crippen LogP contribution in [0.5, 0.6) is 0 Å². The van der Waals surface area contributed by atoms with Crippen molar-refractivity contribution in [2.75, 3.05) is 4.90 Å². The van der Waals surface area contributed by atoms with E-state index in [-0.39, 0.29) is 27.9 Å². The largest absolute Gasteiger partial charge is 0.478 e. The first-order chi connectivity index (χ1) is 19.2. The fourth-order valence-electron chi connectivity index (χ4n) is 5.27. The summed E-state index contributed by atoms with van der Waals surface area (Å²) in [6.07, 6.45) is 3.03. The molecule has 1 aliphatic heterocycles. The Bertz CT molecular complexity index is 1770. The van der Waals surface area contributed by atoms with Crippen LogP contribution in [-0.2, 0) is 5.41 Å². The van der Waals surface area contributed by atoms with E-state index in [1.807, 2.05) is 36.4 Å². The van der Waals surface area contributed by atoms with Crippen molar-refractivity contribution in [2.24, 2.45) is 0 Å². The van der Waals surface area contributed by atoms with Crippen molar-refractivity contribution in [2.45, 2.75) is 19.3 Å². The number of pyridine rings is 3. The molecular formula is C32H24N4O4. The van der Waals surface area contributed by atoms with Gasteiger partial charge in [0.1, 0.15) is 0 Å². The number of hydrogen-bond donors (Lipinski definition) is 2. The van der Waals surface area contributed by atoms with E-state index < -0.39 is 11.9 Å². The Morgan fingerprint density at radius 3 is 1.73 bits per heavy atom. The van der Waals surface area contributed by atoms with Gasteiger partial charge in [0.2, 0.25) is 0 Å². The second kappa shape index (κ2) is 9.43. The number of nitrogens with zero attached hydrogens (tertiary/aromatic N) is 4. The maximum Gasteiger partial charge on any atom is 0.335 e. The molecule has 0 unspecified atom stereocenters. The Labute approximate surface area is 230 Å². The lowest BCUT2D eigenvalue weighted by molar-refractivity contribution is 0.0686. The SMILES string of the molecule is CC1(C)c2ccccc2N(c2ccnc(-c3cc(C(=O)O)cc(-c4cc(C(=O)O)ccn4)n3)c2)c2ccccc21. The monoisotopic (exact) mass is 528 g/mol. The average molecular weight is 529 g/mol. The van der Waals surface area contributed by atoms with Gasteiger partial charge in [-0.05, 0) is 59.7 Å². The molecule has 40 heavy (non-hydrogen) atoms. The van der Waals surface area contributed by atoms with Crippen LogP contribution in [0.1, 0.15) is 45.7 Å². The average Bonchev–Trinajstić information content (AvgIpc) is 2.97. The van der Waals surface area contributed by atoms with Crippen LogP contribution in [0.4, 0.5) is 17.1 Å². The van der Waals surface area contributed by atoms with Gasteiger partial charge in [-0.25, -0.2) is 14.6 Å². The van der Waals surface area contributed by atoms with Crippen LogP contribution in [0.15, 0.2) is 97.3 Å². The van der Waals surface area contributed by atoms with Crippen LogP contribution in [0.3, 0.4) is 0 Å². The number of anilines is 3. The molecule has 8 heteroatoms. The second-order valence-electron chi connectivity index (χ2n) is 10.1. The molecule has 0 saturated heterocycles. The standard InChI is InChI=1S/C32H24N4O4/c1-32(2)22-7-3-5-9-28(22)36(29-10-6-4-8-23(29)32)21-12-14-34-25(18-21)27-17-20(31(39)40)16-26(35-27)24-15-19(30(37)38)11-13-33-24/h3-18H,1-2H3,(H,37,38)(H,39,40). The maximum absolute atomic E-state index is 12.0. The minimum absolute atomic E-state index is 0.00913. The van der Waals surface area contributed by atoms with Gasteiger partial charge in [0.25, 0.3) is 0 Å². The fourth-order valence-corrected chi connectivity index (χ4v) is 5.27. The molecule has 0 aliphatic carbocycles. The van der Waals surface area contributed by atoms with Crippen LogP contribution in [0, 0.1) is 0 Å². The van der Waals surface area contributed by atoms with Crippen molar-refractivity contribution in [3.05, 3.63) is 120 Å². The van der Waals surface area contributed by atoms with E-state index in [1.165, 1.54) is 41.6 Å². The van der Waals surface area contributed by atoms with Gasteiger partial charge in [-0.1, -0.05) is 50.2 Å². The van der Waals surface area contributed by atoms with E-state index in [4.69, 9.17) is 0 Å². The zero-order valence-electron chi connectivity index (χ0n) is 21.7. The molecule has 0 amide bonds. The van der Waals surface area contributed by atoms with Gasteiger partial charge in [-0.2, -0.15) is 0 Å². The Balaban J connectivity index is 1.51. The van der Waals surface area contributed by atoms with Crippen molar-refractivity contribution in [3.63, 3.8) is 0 Å². The number of carboxylic acids is 2. The normalized spacial score (nSPS) is 13.3. The molecule has 2 aromatic carbocycles. The molecule has 0 fully saturated rings. The van der Waals surface area contributed by atoms with E-state index >= 15 is 0 Å². The van der Waals surface area contributed by atoms with Gasteiger partial charge in [0.05, 0.1) is 45.3 Å². The summed E-state index contributed by atoms with van der Waals surface area (Å²) in [5, 5.41) is 19.2. The summed E-state index contributed by atoms with van der Waals surface area (Å²) in [6, 6.07) is 25.9. The third-order valence-corrected chi connectivity index (χ3v) is 7.24. The lowest BCUT2D eigenvalue weighted by atomic mass is 9.73. The Kier molecular flexibility index (Phi) is 5.88. The molecule has 2 N–H and O–H groups in total. The van der Waals surface area contributed by atoms with Gasteiger partial charge in [-0.15, -0.1) is 0 Å². The topological polar surface area (TPSA) is 117 Å². The first-order valence-corrected chi connectivity index (χ1v) is 12.6. The number of aromatic carboxylic acids is 2. The highest BCUT2D eigenvalue weighted by atomic mass is 16.4. The molecule has 0 bridgehead atoms. The van der Waals surface area contributed by atoms with Crippen LogP contribution >= 0.6 is 0 Å². The molecule has 0 spiro atoms. The summed E-state index contributed by atoms with van der Waals surface area (Å²) in [7, 11) is 0. The number of carboxylic acid groups (broad SMARTS) is 2. The second-order valence-corrected chi connectivity index (χ2v) is 10.1. The molecule has 3 aromatic heterocycles. The van der Waals surface area contributed by atoms with Gasteiger partial charge in [0, 0.05) is 23.5 Å². The first-order valence-electron chi connectivity index (χ1n) is 12.6. The van der Waals surface area contributed by atoms with Crippen molar-refractivity contribution in [1.82, 2.24) is 15.0 Å². The van der Waals surface area contributed by atoms with Gasteiger partial charge in [0.15, 0.2) is 0 Å². The fraction of sp³-hybridized carbons (Fsp3) is 0.0938. The molecule has 1 aliphatic rings. The third-order valence-electron chi connectivity index (χ3n) is 7.24.